The molecule has 1 aromatic rings. The molecule has 0 bridgehead atoms. The number of hydrogen-bond acceptors (Lipinski definition) is 5. The lowest BCUT2D eigenvalue weighted by molar-refractivity contribution is -0.384. The van der Waals surface area contributed by atoms with Crippen molar-refractivity contribution in [2.45, 2.75) is 23.8 Å². The van der Waals surface area contributed by atoms with Crippen LogP contribution in [-0.2, 0) is 10.0 Å². The number of nitro benzene ring substituents is 1. The maximum Gasteiger partial charge on any atom is 0.404 e. The molecule has 10 heteroatoms. The molecule has 2 N–H and O–H groups in total. The van der Waals surface area contributed by atoms with E-state index in [1.54, 1.807) is 0 Å². The molecule has 1 saturated heterocycles. The van der Waals surface area contributed by atoms with Crippen LogP contribution in [0.2, 0.25) is 0 Å². The monoisotopic (exact) mass is 329 g/mol. The van der Waals surface area contributed by atoms with Gasteiger partial charge >= 0.3 is 6.09 Å². The summed E-state index contributed by atoms with van der Waals surface area (Å²) >= 11 is 0. The first kappa shape index (κ1) is 16.2. The highest BCUT2D eigenvalue weighted by atomic mass is 32.2. The Morgan fingerprint density at radius 2 is 2.05 bits per heavy atom. The maximum absolute atomic E-state index is 12.6. The summed E-state index contributed by atoms with van der Waals surface area (Å²) in [6, 6.07) is 4.19. The van der Waals surface area contributed by atoms with E-state index in [1.165, 1.54) is 16.4 Å². The third-order valence-electron chi connectivity index (χ3n) is 3.47. The summed E-state index contributed by atoms with van der Waals surface area (Å²) in [6.45, 7) is 0.312. The Bertz CT molecular complexity index is 673. The normalized spacial score (nSPS) is 19.0. The molecule has 0 unspecified atom stereocenters. The molecule has 22 heavy (non-hydrogen) atoms. The Hall–Kier alpha value is -2.20. The van der Waals surface area contributed by atoms with Crippen LogP contribution in [0.25, 0.3) is 0 Å². The second-order valence-corrected chi connectivity index (χ2v) is 6.74. The van der Waals surface area contributed by atoms with E-state index in [-0.39, 0.29) is 17.1 Å². The van der Waals surface area contributed by atoms with Gasteiger partial charge in [0.25, 0.3) is 5.69 Å². The number of nitrogens with one attached hydrogen (secondary N) is 1. The van der Waals surface area contributed by atoms with E-state index in [0.29, 0.717) is 19.4 Å². The molecule has 1 aliphatic heterocycles. The summed E-state index contributed by atoms with van der Waals surface area (Å²) in [6.07, 6.45) is -0.00964. The van der Waals surface area contributed by atoms with Gasteiger partial charge in [-0.15, -0.1) is 0 Å². The SMILES string of the molecule is O=C(O)NC[C@H]1CCCN1S(=O)(=O)c1ccc([N+](=O)[O-])cc1. The Morgan fingerprint density at radius 1 is 1.41 bits per heavy atom. The minimum absolute atomic E-state index is 0.0154. The van der Waals surface area contributed by atoms with Crippen LogP contribution >= 0.6 is 0 Å². The van der Waals surface area contributed by atoms with Crippen molar-refractivity contribution in [3.63, 3.8) is 0 Å². The number of sulfonamides is 1. The molecule has 1 amide bonds. The van der Waals surface area contributed by atoms with Crippen molar-refractivity contribution in [3.05, 3.63) is 34.4 Å². The van der Waals surface area contributed by atoms with Gasteiger partial charge in [-0.1, -0.05) is 0 Å². The fourth-order valence-corrected chi connectivity index (χ4v) is 4.10. The molecule has 1 atom stereocenters. The highest BCUT2D eigenvalue weighted by molar-refractivity contribution is 7.89. The number of nitrogens with zero attached hydrogens (tertiary/aromatic N) is 2. The molecule has 2 rings (SSSR count). The fourth-order valence-electron chi connectivity index (χ4n) is 2.41. The van der Waals surface area contributed by atoms with Crippen LogP contribution in [0.15, 0.2) is 29.2 Å². The minimum atomic E-state index is -3.80. The number of benzene rings is 1. The second kappa shape index (κ2) is 6.28. The Kier molecular flexibility index (Phi) is 4.62. The van der Waals surface area contributed by atoms with Gasteiger partial charge in [0.15, 0.2) is 0 Å². The van der Waals surface area contributed by atoms with E-state index in [9.17, 15) is 23.3 Å². The average molecular weight is 329 g/mol. The molecule has 0 radical (unpaired) electrons. The van der Waals surface area contributed by atoms with Crippen molar-refractivity contribution in [3.8, 4) is 0 Å². The van der Waals surface area contributed by atoms with Gasteiger partial charge in [-0.25, -0.2) is 13.2 Å². The van der Waals surface area contributed by atoms with Crippen LogP contribution < -0.4 is 5.32 Å². The molecular weight excluding hydrogens is 314 g/mol. The zero-order valence-corrected chi connectivity index (χ0v) is 12.3. The number of non-ortho nitro benzene ring substituents is 1. The molecular formula is C12H15N3O6S. The molecule has 1 aromatic carbocycles. The van der Waals surface area contributed by atoms with Crippen LogP contribution in [-0.4, -0.2) is 48.0 Å². The van der Waals surface area contributed by atoms with Gasteiger partial charge in [-0.05, 0) is 25.0 Å². The summed E-state index contributed by atoms with van der Waals surface area (Å²) in [7, 11) is -3.80. The number of carbonyl (C=O) groups is 1. The minimum Gasteiger partial charge on any atom is -0.465 e. The van der Waals surface area contributed by atoms with Gasteiger partial charge in [0.2, 0.25) is 10.0 Å². The summed E-state index contributed by atoms with van der Waals surface area (Å²) in [4.78, 5) is 20.5. The van der Waals surface area contributed by atoms with Crippen molar-refractivity contribution in [1.82, 2.24) is 9.62 Å². The number of amides is 1. The van der Waals surface area contributed by atoms with E-state index < -0.39 is 27.1 Å². The number of carboxylic acid groups (broad SMARTS) is 1. The number of rotatable bonds is 5. The van der Waals surface area contributed by atoms with E-state index in [0.717, 1.165) is 12.1 Å². The molecule has 9 nitrogen and oxygen atoms in total. The van der Waals surface area contributed by atoms with Crippen LogP contribution in [0.3, 0.4) is 0 Å². The molecule has 120 valence electrons. The standard InChI is InChI=1S/C12H15N3O6S/c16-12(17)13-8-10-2-1-7-14(10)22(20,21)11-5-3-9(4-6-11)15(18)19/h3-6,10,13H,1-2,7-8H2,(H,16,17)/t10-/m1/s1. The molecule has 0 aromatic heterocycles. The number of nitro groups is 1. The van der Waals surface area contributed by atoms with Crippen molar-refractivity contribution in [1.29, 1.82) is 0 Å². The smallest absolute Gasteiger partial charge is 0.404 e. The average Bonchev–Trinajstić information content (AvgIpc) is 2.94. The van der Waals surface area contributed by atoms with Crippen LogP contribution in [0.1, 0.15) is 12.8 Å². The van der Waals surface area contributed by atoms with Gasteiger partial charge in [-0.2, -0.15) is 4.31 Å². The topological polar surface area (TPSA) is 130 Å². The van der Waals surface area contributed by atoms with Crippen molar-refractivity contribution >= 4 is 21.8 Å². The lowest BCUT2D eigenvalue weighted by Gasteiger charge is -2.23. The van der Waals surface area contributed by atoms with Crippen molar-refractivity contribution in [2.24, 2.45) is 0 Å². The van der Waals surface area contributed by atoms with E-state index in [2.05, 4.69) is 5.32 Å². The highest BCUT2D eigenvalue weighted by Gasteiger charge is 2.35. The predicted octanol–water partition coefficient (Wildman–Crippen LogP) is 1.02. The van der Waals surface area contributed by atoms with Crippen LogP contribution in [0.4, 0.5) is 10.5 Å². The van der Waals surface area contributed by atoms with E-state index in [4.69, 9.17) is 5.11 Å². The lowest BCUT2D eigenvalue weighted by atomic mass is 10.2. The van der Waals surface area contributed by atoms with E-state index in [1.807, 2.05) is 0 Å². The first-order valence-corrected chi connectivity index (χ1v) is 7.99. The van der Waals surface area contributed by atoms with Gasteiger partial charge in [0, 0.05) is 31.3 Å². The third kappa shape index (κ3) is 3.34. The van der Waals surface area contributed by atoms with Gasteiger partial charge < -0.3 is 10.4 Å². The first-order chi connectivity index (χ1) is 10.3. The van der Waals surface area contributed by atoms with Gasteiger partial charge in [-0.3, -0.25) is 10.1 Å². The highest BCUT2D eigenvalue weighted by Crippen LogP contribution is 2.26. The molecule has 1 aliphatic rings. The predicted molar refractivity (Wildman–Crippen MR) is 76.0 cm³/mol. The number of hydrogen-bond donors (Lipinski definition) is 2. The summed E-state index contributed by atoms with van der Waals surface area (Å²) in [5, 5.41) is 21.4. The molecule has 0 aliphatic carbocycles. The second-order valence-electron chi connectivity index (χ2n) is 4.85. The van der Waals surface area contributed by atoms with Crippen LogP contribution in [0, 0.1) is 10.1 Å². The Balaban J connectivity index is 2.21. The van der Waals surface area contributed by atoms with E-state index >= 15 is 0 Å². The maximum atomic E-state index is 12.6. The van der Waals surface area contributed by atoms with Gasteiger partial charge in [0.1, 0.15) is 0 Å². The quantitative estimate of drug-likeness (QED) is 0.612. The first-order valence-electron chi connectivity index (χ1n) is 6.55. The summed E-state index contributed by atoms with van der Waals surface area (Å²) < 4.78 is 26.3. The molecule has 1 heterocycles. The summed E-state index contributed by atoms with van der Waals surface area (Å²) in [5.74, 6) is 0. The zero-order chi connectivity index (χ0) is 16.3. The largest absolute Gasteiger partial charge is 0.465 e. The molecule has 0 spiro atoms. The lowest BCUT2D eigenvalue weighted by Crippen LogP contribution is -2.42. The molecule has 1 fully saturated rings. The van der Waals surface area contributed by atoms with Crippen molar-refractivity contribution < 1.29 is 23.2 Å². The van der Waals surface area contributed by atoms with Crippen molar-refractivity contribution in [2.75, 3.05) is 13.1 Å². The third-order valence-corrected chi connectivity index (χ3v) is 5.43. The Labute approximate surface area is 126 Å². The fraction of sp³-hybridized carbons (Fsp3) is 0.417. The zero-order valence-electron chi connectivity index (χ0n) is 11.5. The summed E-state index contributed by atoms with van der Waals surface area (Å²) in [5.41, 5.74) is -0.190. The van der Waals surface area contributed by atoms with Gasteiger partial charge in [0.05, 0.1) is 9.82 Å². The van der Waals surface area contributed by atoms with Crippen LogP contribution in [0.5, 0.6) is 0 Å². The Morgan fingerprint density at radius 3 is 2.59 bits per heavy atom. The molecule has 0 saturated carbocycles.